The standard InChI is InChI=1S/C13H14FNO3/c14-10-3-1-9(2-4-10)13(6-7-13)12(18)15-8-5-11(16)17/h1-4H,5-8H2,(H,15,18)(H,16,17). The van der Waals surface area contributed by atoms with Crippen molar-refractivity contribution in [3.63, 3.8) is 0 Å². The Kier molecular flexibility index (Phi) is 3.32. The lowest BCUT2D eigenvalue weighted by Crippen LogP contribution is -2.35. The van der Waals surface area contributed by atoms with Gasteiger partial charge in [0.1, 0.15) is 5.82 Å². The zero-order valence-electron chi connectivity index (χ0n) is 9.78. The van der Waals surface area contributed by atoms with Crippen molar-refractivity contribution < 1.29 is 19.1 Å². The molecule has 1 fully saturated rings. The third-order valence-electron chi connectivity index (χ3n) is 3.21. The van der Waals surface area contributed by atoms with Crippen LogP contribution in [0, 0.1) is 5.82 Å². The van der Waals surface area contributed by atoms with Crippen LogP contribution in [0.4, 0.5) is 4.39 Å². The molecule has 0 heterocycles. The molecule has 1 aliphatic rings. The van der Waals surface area contributed by atoms with Gasteiger partial charge in [-0.25, -0.2) is 4.39 Å². The summed E-state index contributed by atoms with van der Waals surface area (Å²) in [7, 11) is 0. The topological polar surface area (TPSA) is 66.4 Å². The lowest BCUT2D eigenvalue weighted by molar-refractivity contribution is -0.137. The van der Waals surface area contributed by atoms with E-state index in [1.165, 1.54) is 12.1 Å². The first-order chi connectivity index (χ1) is 8.54. The van der Waals surface area contributed by atoms with Gasteiger partial charge in [0.2, 0.25) is 5.91 Å². The normalized spacial score (nSPS) is 16.1. The Morgan fingerprint density at radius 3 is 2.39 bits per heavy atom. The summed E-state index contributed by atoms with van der Waals surface area (Å²) in [5.74, 6) is -1.45. The first-order valence-electron chi connectivity index (χ1n) is 5.81. The van der Waals surface area contributed by atoms with Crippen LogP contribution in [0.3, 0.4) is 0 Å². The Bertz CT molecular complexity index is 466. The summed E-state index contributed by atoms with van der Waals surface area (Å²) >= 11 is 0. The smallest absolute Gasteiger partial charge is 0.305 e. The Balaban J connectivity index is 2.00. The number of carbonyl (C=O) groups excluding carboxylic acids is 1. The summed E-state index contributed by atoms with van der Waals surface area (Å²) in [6, 6.07) is 5.89. The van der Waals surface area contributed by atoms with E-state index in [-0.39, 0.29) is 24.7 Å². The minimum Gasteiger partial charge on any atom is -0.481 e. The van der Waals surface area contributed by atoms with Crippen LogP contribution in [-0.2, 0) is 15.0 Å². The van der Waals surface area contributed by atoms with Crippen molar-refractivity contribution in [1.82, 2.24) is 5.32 Å². The second kappa shape index (κ2) is 4.76. The SMILES string of the molecule is O=C(O)CCNC(=O)C1(c2ccc(F)cc2)CC1. The molecule has 0 radical (unpaired) electrons. The second-order valence-corrected chi connectivity index (χ2v) is 4.49. The van der Waals surface area contributed by atoms with Gasteiger partial charge in [-0.1, -0.05) is 12.1 Å². The van der Waals surface area contributed by atoms with Crippen molar-refractivity contribution in [3.8, 4) is 0 Å². The lowest BCUT2D eigenvalue weighted by atomic mass is 9.95. The molecular formula is C13H14FNO3. The Morgan fingerprint density at radius 1 is 1.28 bits per heavy atom. The first-order valence-corrected chi connectivity index (χ1v) is 5.81. The molecule has 0 aliphatic heterocycles. The molecule has 1 aromatic rings. The average molecular weight is 251 g/mol. The fourth-order valence-corrected chi connectivity index (χ4v) is 1.99. The van der Waals surface area contributed by atoms with Crippen LogP contribution in [0.25, 0.3) is 0 Å². The van der Waals surface area contributed by atoms with Crippen LogP contribution in [0.15, 0.2) is 24.3 Å². The summed E-state index contributed by atoms with van der Waals surface area (Å²) in [6.07, 6.45) is 1.35. The number of hydrogen-bond acceptors (Lipinski definition) is 2. The van der Waals surface area contributed by atoms with Gasteiger partial charge in [0.25, 0.3) is 0 Å². The fourth-order valence-electron chi connectivity index (χ4n) is 1.99. The maximum Gasteiger partial charge on any atom is 0.305 e. The quantitative estimate of drug-likeness (QED) is 0.832. The first kappa shape index (κ1) is 12.5. The van der Waals surface area contributed by atoms with E-state index in [1.54, 1.807) is 12.1 Å². The highest BCUT2D eigenvalue weighted by atomic mass is 19.1. The van der Waals surface area contributed by atoms with Gasteiger partial charge in [-0.05, 0) is 30.5 Å². The van der Waals surface area contributed by atoms with E-state index < -0.39 is 11.4 Å². The highest BCUT2D eigenvalue weighted by Gasteiger charge is 2.50. The van der Waals surface area contributed by atoms with Crippen molar-refractivity contribution in [2.24, 2.45) is 0 Å². The summed E-state index contributed by atoms with van der Waals surface area (Å²) in [6.45, 7) is 0.122. The average Bonchev–Trinajstić information content (AvgIpc) is 3.10. The number of nitrogens with one attached hydrogen (secondary N) is 1. The number of aliphatic carboxylic acids is 1. The second-order valence-electron chi connectivity index (χ2n) is 4.49. The number of benzene rings is 1. The molecule has 0 aromatic heterocycles. The fraction of sp³-hybridized carbons (Fsp3) is 0.385. The molecule has 2 N–H and O–H groups in total. The van der Waals surface area contributed by atoms with Crippen LogP contribution < -0.4 is 5.32 Å². The molecule has 96 valence electrons. The predicted molar refractivity (Wildman–Crippen MR) is 62.6 cm³/mol. The molecule has 0 bridgehead atoms. The van der Waals surface area contributed by atoms with Crippen molar-refractivity contribution in [3.05, 3.63) is 35.6 Å². The van der Waals surface area contributed by atoms with E-state index in [1.807, 2.05) is 0 Å². The third-order valence-corrected chi connectivity index (χ3v) is 3.21. The molecule has 0 unspecified atom stereocenters. The van der Waals surface area contributed by atoms with E-state index in [9.17, 15) is 14.0 Å². The van der Waals surface area contributed by atoms with Gasteiger partial charge in [0.15, 0.2) is 0 Å². The molecule has 1 amide bonds. The van der Waals surface area contributed by atoms with Gasteiger partial charge in [-0.3, -0.25) is 9.59 Å². The molecule has 0 saturated heterocycles. The molecule has 1 aromatic carbocycles. The minimum atomic E-state index is -0.943. The Hall–Kier alpha value is -1.91. The number of rotatable bonds is 5. The van der Waals surface area contributed by atoms with Gasteiger partial charge in [-0.2, -0.15) is 0 Å². The maximum absolute atomic E-state index is 12.8. The third kappa shape index (κ3) is 2.50. The van der Waals surface area contributed by atoms with Crippen LogP contribution in [0.1, 0.15) is 24.8 Å². The lowest BCUT2D eigenvalue weighted by Gasteiger charge is -2.15. The molecular weight excluding hydrogens is 237 g/mol. The van der Waals surface area contributed by atoms with Gasteiger partial charge < -0.3 is 10.4 Å². The van der Waals surface area contributed by atoms with E-state index in [0.717, 1.165) is 18.4 Å². The van der Waals surface area contributed by atoms with Gasteiger partial charge >= 0.3 is 5.97 Å². The van der Waals surface area contributed by atoms with E-state index >= 15 is 0 Å². The van der Waals surface area contributed by atoms with Gasteiger partial charge in [0, 0.05) is 6.54 Å². The van der Waals surface area contributed by atoms with Crippen LogP contribution >= 0.6 is 0 Å². The van der Waals surface area contributed by atoms with Gasteiger partial charge in [0.05, 0.1) is 11.8 Å². The van der Waals surface area contributed by atoms with E-state index in [0.29, 0.717) is 0 Å². The van der Waals surface area contributed by atoms with E-state index in [2.05, 4.69) is 5.32 Å². The highest BCUT2D eigenvalue weighted by Crippen LogP contribution is 2.48. The highest BCUT2D eigenvalue weighted by molar-refractivity contribution is 5.91. The molecule has 4 nitrogen and oxygen atoms in total. The maximum atomic E-state index is 12.8. The van der Waals surface area contributed by atoms with Crippen LogP contribution in [-0.4, -0.2) is 23.5 Å². The number of carboxylic acid groups (broad SMARTS) is 1. The van der Waals surface area contributed by atoms with Crippen LogP contribution in [0.5, 0.6) is 0 Å². The predicted octanol–water partition coefficient (Wildman–Crippen LogP) is 1.45. The zero-order valence-corrected chi connectivity index (χ0v) is 9.78. The molecule has 2 rings (SSSR count). The number of carbonyl (C=O) groups is 2. The van der Waals surface area contributed by atoms with E-state index in [4.69, 9.17) is 5.11 Å². The minimum absolute atomic E-state index is 0.0920. The van der Waals surface area contributed by atoms with Crippen LogP contribution in [0.2, 0.25) is 0 Å². The number of hydrogen-bond donors (Lipinski definition) is 2. The summed E-state index contributed by atoms with van der Waals surface area (Å²) in [4.78, 5) is 22.4. The van der Waals surface area contributed by atoms with Gasteiger partial charge in [-0.15, -0.1) is 0 Å². The molecule has 0 atom stereocenters. The van der Waals surface area contributed by atoms with Crippen molar-refractivity contribution in [2.75, 3.05) is 6.54 Å². The van der Waals surface area contributed by atoms with Crippen molar-refractivity contribution in [1.29, 1.82) is 0 Å². The number of amides is 1. The largest absolute Gasteiger partial charge is 0.481 e. The van der Waals surface area contributed by atoms with Crippen molar-refractivity contribution >= 4 is 11.9 Å². The summed E-state index contributed by atoms with van der Waals surface area (Å²) < 4.78 is 12.8. The molecule has 1 aliphatic carbocycles. The monoisotopic (exact) mass is 251 g/mol. The zero-order chi connectivity index (χ0) is 13.2. The van der Waals surface area contributed by atoms with Crippen molar-refractivity contribution in [2.45, 2.75) is 24.7 Å². The molecule has 1 saturated carbocycles. The summed E-state index contributed by atoms with van der Waals surface area (Å²) in [5.41, 5.74) is 0.211. The molecule has 0 spiro atoms. The number of halogens is 1. The number of carboxylic acids is 1. The Morgan fingerprint density at radius 2 is 1.89 bits per heavy atom. The summed E-state index contributed by atoms with van der Waals surface area (Å²) in [5, 5.41) is 11.1. The molecule has 18 heavy (non-hydrogen) atoms. The molecule has 5 heteroatoms. The Labute approximate surface area is 104 Å².